The SMILES string of the molecule is Cc1ccc2[nH]cc(C=NO)c2c1. The number of benzene rings is 1. The average molecular weight is 174 g/mol. The van der Waals surface area contributed by atoms with E-state index in [4.69, 9.17) is 5.21 Å². The van der Waals surface area contributed by atoms with E-state index >= 15 is 0 Å². The third-order valence-electron chi connectivity index (χ3n) is 2.07. The van der Waals surface area contributed by atoms with Crippen LogP contribution in [0.15, 0.2) is 29.6 Å². The van der Waals surface area contributed by atoms with E-state index in [1.165, 1.54) is 11.8 Å². The Kier molecular flexibility index (Phi) is 1.77. The van der Waals surface area contributed by atoms with Gasteiger partial charge < -0.3 is 10.2 Å². The van der Waals surface area contributed by atoms with Gasteiger partial charge in [-0.05, 0) is 19.1 Å². The summed E-state index contributed by atoms with van der Waals surface area (Å²) in [5.74, 6) is 0. The van der Waals surface area contributed by atoms with Gasteiger partial charge in [0.2, 0.25) is 0 Å². The van der Waals surface area contributed by atoms with Crippen LogP contribution in [0.25, 0.3) is 10.9 Å². The fourth-order valence-electron chi connectivity index (χ4n) is 1.43. The van der Waals surface area contributed by atoms with Crippen molar-refractivity contribution < 1.29 is 5.21 Å². The molecule has 0 aliphatic carbocycles. The molecule has 0 aliphatic heterocycles. The lowest BCUT2D eigenvalue weighted by Gasteiger charge is -1.93. The van der Waals surface area contributed by atoms with Gasteiger partial charge in [0, 0.05) is 22.7 Å². The van der Waals surface area contributed by atoms with Crippen LogP contribution in [0.4, 0.5) is 0 Å². The normalized spacial score (nSPS) is 11.5. The molecule has 1 aromatic carbocycles. The minimum absolute atomic E-state index is 0.904. The molecule has 0 spiro atoms. The number of aromatic nitrogens is 1. The maximum Gasteiger partial charge on any atom is 0.0755 e. The molecule has 66 valence electrons. The summed E-state index contributed by atoms with van der Waals surface area (Å²) in [5.41, 5.74) is 3.15. The zero-order chi connectivity index (χ0) is 9.26. The number of fused-ring (bicyclic) bond motifs is 1. The van der Waals surface area contributed by atoms with Crippen molar-refractivity contribution in [3.8, 4) is 0 Å². The maximum atomic E-state index is 8.42. The van der Waals surface area contributed by atoms with Crippen molar-refractivity contribution in [1.82, 2.24) is 4.98 Å². The zero-order valence-electron chi connectivity index (χ0n) is 7.28. The molecule has 2 rings (SSSR count). The first-order valence-corrected chi connectivity index (χ1v) is 4.06. The second-order valence-corrected chi connectivity index (χ2v) is 3.04. The maximum absolute atomic E-state index is 8.42. The Bertz CT molecular complexity index is 457. The predicted molar refractivity (Wildman–Crippen MR) is 52.4 cm³/mol. The second kappa shape index (κ2) is 2.94. The predicted octanol–water partition coefficient (Wildman–Crippen LogP) is 2.28. The van der Waals surface area contributed by atoms with Crippen LogP contribution in [0.3, 0.4) is 0 Å². The summed E-state index contributed by atoms with van der Waals surface area (Å²) in [4.78, 5) is 3.10. The zero-order valence-corrected chi connectivity index (χ0v) is 7.28. The molecule has 1 heterocycles. The Morgan fingerprint density at radius 3 is 3.08 bits per heavy atom. The van der Waals surface area contributed by atoms with E-state index in [9.17, 15) is 0 Å². The molecule has 0 saturated carbocycles. The van der Waals surface area contributed by atoms with E-state index < -0.39 is 0 Å². The molecule has 0 aliphatic rings. The molecule has 0 radical (unpaired) electrons. The molecular weight excluding hydrogens is 164 g/mol. The van der Waals surface area contributed by atoms with E-state index in [1.54, 1.807) is 0 Å². The number of hydrogen-bond donors (Lipinski definition) is 2. The Balaban J connectivity index is 2.71. The smallest absolute Gasteiger partial charge is 0.0755 e. The number of oxime groups is 1. The minimum atomic E-state index is 0.904. The van der Waals surface area contributed by atoms with Crippen molar-refractivity contribution in [2.45, 2.75) is 6.92 Å². The van der Waals surface area contributed by atoms with Crippen LogP contribution >= 0.6 is 0 Å². The summed E-state index contributed by atoms with van der Waals surface area (Å²) in [6, 6.07) is 6.11. The lowest BCUT2D eigenvalue weighted by atomic mass is 10.1. The third-order valence-corrected chi connectivity index (χ3v) is 2.07. The number of nitrogens with one attached hydrogen (secondary N) is 1. The van der Waals surface area contributed by atoms with E-state index in [0.717, 1.165) is 16.5 Å². The molecule has 0 atom stereocenters. The summed E-state index contributed by atoms with van der Waals surface area (Å²) < 4.78 is 0. The molecule has 0 saturated heterocycles. The van der Waals surface area contributed by atoms with Crippen molar-refractivity contribution in [3.63, 3.8) is 0 Å². The summed E-state index contributed by atoms with van der Waals surface area (Å²) in [6.07, 6.45) is 3.25. The summed E-state index contributed by atoms with van der Waals surface area (Å²) in [5, 5.41) is 12.5. The van der Waals surface area contributed by atoms with Crippen LogP contribution in [0.5, 0.6) is 0 Å². The Hall–Kier alpha value is -1.77. The average Bonchev–Trinajstić information content (AvgIpc) is 2.49. The molecule has 0 bridgehead atoms. The number of aromatic amines is 1. The number of nitrogens with zero attached hydrogens (tertiary/aromatic N) is 1. The van der Waals surface area contributed by atoms with Gasteiger partial charge in [0.1, 0.15) is 0 Å². The summed E-state index contributed by atoms with van der Waals surface area (Å²) in [6.45, 7) is 2.03. The van der Waals surface area contributed by atoms with Gasteiger partial charge in [0.15, 0.2) is 0 Å². The Labute approximate surface area is 75.7 Å². The highest BCUT2D eigenvalue weighted by molar-refractivity contribution is 5.99. The molecule has 3 heteroatoms. The first-order chi connectivity index (χ1) is 6.31. The molecule has 13 heavy (non-hydrogen) atoms. The van der Waals surface area contributed by atoms with E-state index in [-0.39, 0.29) is 0 Å². The monoisotopic (exact) mass is 174 g/mol. The van der Waals surface area contributed by atoms with Crippen LogP contribution in [0, 0.1) is 6.92 Å². The van der Waals surface area contributed by atoms with E-state index in [2.05, 4.69) is 16.2 Å². The second-order valence-electron chi connectivity index (χ2n) is 3.04. The standard InChI is InChI=1S/C10H10N2O/c1-7-2-3-10-9(4-7)8(5-11-10)6-12-13/h2-6,11,13H,1H3. The van der Waals surface area contributed by atoms with Gasteiger partial charge in [-0.2, -0.15) is 0 Å². The van der Waals surface area contributed by atoms with Crippen LogP contribution in [0.2, 0.25) is 0 Å². The van der Waals surface area contributed by atoms with Gasteiger partial charge in [-0.3, -0.25) is 0 Å². The molecule has 2 N–H and O–H groups in total. The van der Waals surface area contributed by atoms with Crippen LogP contribution in [-0.2, 0) is 0 Å². The summed E-state index contributed by atoms with van der Waals surface area (Å²) in [7, 11) is 0. The number of aryl methyl sites for hydroxylation is 1. The Morgan fingerprint density at radius 2 is 2.31 bits per heavy atom. The van der Waals surface area contributed by atoms with Gasteiger partial charge in [-0.25, -0.2) is 0 Å². The van der Waals surface area contributed by atoms with Gasteiger partial charge in [-0.15, -0.1) is 0 Å². The lowest BCUT2D eigenvalue weighted by Crippen LogP contribution is -1.77. The highest BCUT2D eigenvalue weighted by Gasteiger charge is 2.00. The lowest BCUT2D eigenvalue weighted by molar-refractivity contribution is 0.322. The molecule has 0 unspecified atom stereocenters. The van der Waals surface area contributed by atoms with Gasteiger partial charge in [0.25, 0.3) is 0 Å². The van der Waals surface area contributed by atoms with Crippen molar-refractivity contribution in [3.05, 3.63) is 35.5 Å². The quantitative estimate of drug-likeness (QED) is 0.389. The topological polar surface area (TPSA) is 48.4 Å². The third kappa shape index (κ3) is 1.28. The van der Waals surface area contributed by atoms with Gasteiger partial charge in [0.05, 0.1) is 6.21 Å². The number of rotatable bonds is 1. The van der Waals surface area contributed by atoms with Crippen molar-refractivity contribution in [1.29, 1.82) is 0 Å². The van der Waals surface area contributed by atoms with E-state index in [0.29, 0.717) is 0 Å². The van der Waals surface area contributed by atoms with Gasteiger partial charge in [-0.1, -0.05) is 16.8 Å². The van der Waals surface area contributed by atoms with E-state index in [1.807, 2.05) is 25.3 Å². The van der Waals surface area contributed by atoms with Crippen LogP contribution in [0.1, 0.15) is 11.1 Å². The molecule has 0 amide bonds. The van der Waals surface area contributed by atoms with Crippen molar-refractivity contribution in [2.75, 3.05) is 0 Å². The summed E-state index contributed by atoms with van der Waals surface area (Å²) >= 11 is 0. The number of hydrogen-bond acceptors (Lipinski definition) is 2. The first kappa shape index (κ1) is 7.86. The van der Waals surface area contributed by atoms with Crippen LogP contribution < -0.4 is 0 Å². The Morgan fingerprint density at radius 1 is 1.46 bits per heavy atom. The number of H-pyrrole nitrogens is 1. The molecule has 3 nitrogen and oxygen atoms in total. The van der Waals surface area contributed by atoms with Crippen LogP contribution in [-0.4, -0.2) is 16.4 Å². The highest BCUT2D eigenvalue weighted by atomic mass is 16.4. The first-order valence-electron chi connectivity index (χ1n) is 4.06. The highest BCUT2D eigenvalue weighted by Crippen LogP contribution is 2.17. The molecule has 0 fully saturated rings. The minimum Gasteiger partial charge on any atom is -0.411 e. The fourth-order valence-corrected chi connectivity index (χ4v) is 1.43. The van der Waals surface area contributed by atoms with Crippen molar-refractivity contribution in [2.24, 2.45) is 5.16 Å². The van der Waals surface area contributed by atoms with Crippen molar-refractivity contribution >= 4 is 17.1 Å². The molecule has 1 aromatic heterocycles. The molecule has 2 aromatic rings. The fraction of sp³-hybridized carbons (Fsp3) is 0.100. The molecular formula is C10H10N2O. The largest absolute Gasteiger partial charge is 0.411 e. The van der Waals surface area contributed by atoms with Gasteiger partial charge >= 0.3 is 0 Å².